The summed E-state index contributed by atoms with van der Waals surface area (Å²) < 4.78 is 0. The third-order valence-corrected chi connectivity index (χ3v) is 3.97. The number of nitrogens with one attached hydrogen (secondary N) is 1. The van der Waals surface area contributed by atoms with Crippen LogP contribution >= 0.6 is 11.6 Å². The Labute approximate surface area is 118 Å². The van der Waals surface area contributed by atoms with E-state index in [4.69, 9.17) is 16.7 Å². The molecule has 19 heavy (non-hydrogen) atoms. The van der Waals surface area contributed by atoms with Crippen LogP contribution in [0.25, 0.3) is 0 Å². The third-order valence-electron chi connectivity index (χ3n) is 3.77. The first-order chi connectivity index (χ1) is 9.06. The lowest BCUT2D eigenvalue weighted by Gasteiger charge is -2.28. The maximum atomic E-state index is 11.0. The Balaban J connectivity index is 2.07. The van der Waals surface area contributed by atoms with Crippen LogP contribution in [-0.2, 0) is 0 Å². The molecular formula is C14H19ClN2O2. The van der Waals surface area contributed by atoms with Gasteiger partial charge in [-0.25, -0.2) is 9.78 Å². The van der Waals surface area contributed by atoms with Crippen molar-refractivity contribution in [3.8, 4) is 0 Å². The highest BCUT2D eigenvalue weighted by Crippen LogP contribution is 2.28. The molecule has 1 aromatic rings. The third kappa shape index (κ3) is 3.83. The minimum absolute atomic E-state index is 0.165. The number of rotatable bonds is 4. The molecule has 4 nitrogen and oxygen atoms in total. The highest BCUT2D eigenvalue weighted by molar-refractivity contribution is 6.29. The number of carboxylic acids is 1. The minimum atomic E-state index is -0.988. The van der Waals surface area contributed by atoms with E-state index >= 15 is 0 Å². The lowest BCUT2D eigenvalue weighted by molar-refractivity contribution is 0.0697. The van der Waals surface area contributed by atoms with Crippen molar-refractivity contribution in [2.45, 2.75) is 45.1 Å². The standard InChI is InChI=1S/C14H19ClN2O2/c1-9(10-5-3-2-4-6-10)16-13-8-11(14(18)19)7-12(15)17-13/h7-10H,2-6H2,1H3,(H,16,17)(H,18,19). The number of carbonyl (C=O) groups is 1. The Morgan fingerprint density at radius 1 is 1.42 bits per heavy atom. The Bertz CT molecular complexity index is 459. The molecule has 0 saturated heterocycles. The van der Waals surface area contributed by atoms with E-state index < -0.39 is 5.97 Å². The summed E-state index contributed by atoms with van der Waals surface area (Å²) in [7, 11) is 0. The number of aromatic nitrogens is 1. The number of anilines is 1. The van der Waals surface area contributed by atoms with E-state index in [2.05, 4.69) is 17.2 Å². The summed E-state index contributed by atoms with van der Waals surface area (Å²) in [5.41, 5.74) is 0.165. The fourth-order valence-electron chi connectivity index (χ4n) is 2.68. The van der Waals surface area contributed by atoms with Crippen molar-refractivity contribution >= 4 is 23.4 Å². The van der Waals surface area contributed by atoms with E-state index in [9.17, 15) is 4.79 Å². The minimum Gasteiger partial charge on any atom is -0.478 e. The summed E-state index contributed by atoms with van der Waals surface area (Å²) in [5.74, 6) is 0.184. The molecule has 0 aliphatic heterocycles. The lowest BCUT2D eigenvalue weighted by atomic mass is 9.84. The number of halogens is 1. The predicted molar refractivity (Wildman–Crippen MR) is 75.9 cm³/mol. The molecule has 1 aliphatic carbocycles. The van der Waals surface area contributed by atoms with Crippen LogP contribution in [0.1, 0.15) is 49.4 Å². The molecule has 2 rings (SSSR count). The van der Waals surface area contributed by atoms with E-state index in [1.54, 1.807) is 0 Å². The molecule has 5 heteroatoms. The highest BCUT2D eigenvalue weighted by Gasteiger charge is 2.20. The zero-order chi connectivity index (χ0) is 13.8. The molecule has 2 N–H and O–H groups in total. The van der Waals surface area contributed by atoms with Crippen LogP contribution in [0.5, 0.6) is 0 Å². The Kier molecular flexibility index (Phi) is 4.64. The fourth-order valence-corrected chi connectivity index (χ4v) is 2.89. The number of pyridine rings is 1. The van der Waals surface area contributed by atoms with Gasteiger partial charge in [-0.05, 0) is 37.8 Å². The number of aromatic carboxylic acids is 1. The summed E-state index contributed by atoms with van der Waals surface area (Å²) in [6, 6.07) is 3.18. The van der Waals surface area contributed by atoms with Gasteiger partial charge >= 0.3 is 5.97 Å². The van der Waals surface area contributed by atoms with Crippen molar-refractivity contribution < 1.29 is 9.90 Å². The first-order valence-electron chi connectivity index (χ1n) is 6.73. The monoisotopic (exact) mass is 282 g/mol. The highest BCUT2D eigenvalue weighted by atomic mass is 35.5. The van der Waals surface area contributed by atoms with Crippen molar-refractivity contribution in [3.05, 3.63) is 22.8 Å². The summed E-state index contributed by atoms with van der Waals surface area (Å²) >= 11 is 5.85. The average Bonchev–Trinajstić information content (AvgIpc) is 2.39. The maximum absolute atomic E-state index is 11.0. The molecule has 1 heterocycles. The van der Waals surface area contributed by atoms with Gasteiger partial charge in [-0.3, -0.25) is 0 Å². The molecular weight excluding hydrogens is 264 g/mol. The predicted octanol–water partition coefficient (Wildman–Crippen LogP) is 3.81. The van der Waals surface area contributed by atoms with E-state index in [-0.39, 0.29) is 16.8 Å². The second kappa shape index (κ2) is 6.24. The van der Waals surface area contributed by atoms with Crippen LogP contribution in [0, 0.1) is 5.92 Å². The van der Waals surface area contributed by atoms with Gasteiger partial charge in [0, 0.05) is 6.04 Å². The van der Waals surface area contributed by atoms with Crippen molar-refractivity contribution in [1.82, 2.24) is 4.98 Å². The molecule has 0 aromatic carbocycles. The SMILES string of the molecule is CC(Nc1cc(C(=O)O)cc(Cl)n1)C1CCCCC1. The molecule has 1 aromatic heterocycles. The van der Waals surface area contributed by atoms with Gasteiger partial charge in [0.05, 0.1) is 5.56 Å². The van der Waals surface area contributed by atoms with Gasteiger partial charge in [0.25, 0.3) is 0 Å². The molecule has 104 valence electrons. The second-order valence-corrected chi connectivity index (χ2v) is 5.59. The maximum Gasteiger partial charge on any atom is 0.335 e. The van der Waals surface area contributed by atoms with Gasteiger partial charge in [-0.15, -0.1) is 0 Å². The Morgan fingerprint density at radius 2 is 2.11 bits per heavy atom. The normalized spacial score (nSPS) is 18.0. The zero-order valence-corrected chi connectivity index (χ0v) is 11.8. The first-order valence-corrected chi connectivity index (χ1v) is 7.11. The molecule has 1 saturated carbocycles. The molecule has 1 atom stereocenters. The van der Waals surface area contributed by atoms with Crippen molar-refractivity contribution in [3.63, 3.8) is 0 Å². The molecule has 1 unspecified atom stereocenters. The fraction of sp³-hybridized carbons (Fsp3) is 0.571. The van der Waals surface area contributed by atoms with Crippen LogP contribution in [0.15, 0.2) is 12.1 Å². The largest absolute Gasteiger partial charge is 0.478 e. The Hall–Kier alpha value is -1.29. The van der Waals surface area contributed by atoms with Gasteiger partial charge in [-0.1, -0.05) is 30.9 Å². The van der Waals surface area contributed by atoms with Crippen LogP contribution in [0.2, 0.25) is 5.15 Å². The summed E-state index contributed by atoms with van der Waals surface area (Å²) in [6.07, 6.45) is 6.32. The Morgan fingerprint density at radius 3 is 2.74 bits per heavy atom. The quantitative estimate of drug-likeness (QED) is 0.824. The summed E-state index contributed by atoms with van der Waals surface area (Å²) in [6.45, 7) is 2.12. The van der Waals surface area contributed by atoms with Crippen LogP contribution < -0.4 is 5.32 Å². The number of hydrogen-bond acceptors (Lipinski definition) is 3. The number of carboxylic acid groups (broad SMARTS) is 1. The number of nitrogens with zero attached hydrogens (tertiary/aromatic N) is 1. The van der Waals surface area contributed by atoms with Gasteiger partial charge < -0.3 is 10.4 Å². The van der Waals surface area contributed by atoms with E-state index in [1.165, 1.54) is 44.2 Å². The topological polar surface area (TPSA) is 62.2 Å². The second-order valence-electron chi connectivity index (χ2n) is 5.20. The first kappa shape index (κ1) is 14.1. The smallest absolute Gasteiger partial charge is 0.335 e. The summed E-state index contributed by atoms with van der Waals surface area (Å²) in [4.78, 5) is 15.1. The molecule has 0 bridgehead atoms. The van der Waals surface area contributed by atoms with Crippen LogP contribution in [-0.4, -0.2) is 22.1 Å². The molecule has 0 amide bonds. The van der Waals surface area contributed by atoms with Gasteiger partial charge in [0.2, 0.25) is 0 Å². The van der Waals surface area contributed by atoms with E-state index in [0.29, 0.717) is 11.7 Å². The van der Waals surface area contributed by atoms with E-state index in [1.807, 2.05) is 0 Å². The summed E-state index contributed by atoms with van der Waals surface area (Å²) in [5, 5.41) is 12.5. The molecule has 0 radical (unpaired) electrons. The zero-order valence-electron chi connectivity index (χ0n) is 11.0. The van der Waals surface area contributed by atoms with Crippen LogP contribution in [0.3, 0.4) is 0 Å². The lowest BCUT2D eigenvalue weighted by Crippen LogP contribution is -2.28. The van der Waals surface area contributed by atoms with Gasteiger partial charge in [-0.2, -0.15) is 0 Å². The van der Waals surface area contributed by atoms with Crippen LogP contribution in [0.4, 0.5) is 5.82 Å². The molecule has 1 fully saturated rings. The molecule has 0 spiro atoms. The molecule has 1 aliphatic rings. The van der Waals surface area contributed by atoms with E-state index in [0.717, 1.165) is 0 Å². The van der Waals surface area contributed by atoms with Crippen molar-refractivity contribution in [2.24, 2.45) is 5.92 Å². The number of hydrogen-bond donors (Lipinski definition) is 2. The van der Waals surface area contributed by atoms with Crippen molar-refractivity contribution in [1.29, 1.82) is 0 Å². The van der Waals surface area contributed by atoms with Gasteiger partial charge in [0.15, 0.2) is 0 Å². The van der Waals surface area contributed by atoms with Crippen molar-refractivity contribution in [2.75, 3.05) is 5.32 Å². The average molecular weight is 283 g/mol. The van der Waals surface area contributed by atoms with Gasteiger partial charge in [0.1, 0.15) is 11.0 Å².